The number of allylic oxidation sites excluding steroid dienone is 1. The molecule has 0 amide bonds. The van der Waals surface area contributed by atoms with Crippen LogP contribution in [0, 0.1) is 40.4 Å². The first kappa shape index (κ1) is 40.7. The van der Waals surface area contributed by atoms with E-state index in [1.165, 1.54) is 0 Å². The summed E-state index contributed by atoms with van der Waals surface area (Å²) in [5.41, 5.74) is 2.65. The SMILES string of the molecule is CC1=C(C)C(=O)O[C@@H]([C@H](C)[C@@H]2CC[C@@H]3[C@H]4CC=C5C[C@@H](O[C@H]6O[C@@H](CO[C@@H]7O[C@H](CO)[C@H](O)[C@H](O)[C@@H]7O)[C@H](O)[C@@H](O)[C@@H]6O)C[C@@H](O)[C@@]5(C)[C@@H]4CC[C@]32C)C1. The smallest absolute Gasteiger partial charge is 0.333 e. The normalized spacial score (nSPS) is 51.5. The first-order valence-electron chi connectivity index (χ1n) is 20.0. The van der Waals surface area contributed by atoms with E-state index >= 15 is 0 Å². The van der Waals surface area contributed by atoms with E-state index in [-0.39, 0.29) is 29.8 Å². The number of esters is 1. The maximum absolute atomic E-state index is 12.6. The average Bonchev–Trinajstić information content (AvgIpc) is 3.50. The molecule has 0 spiro atoms. The summed E-state index contributed by atoms with van der Waals surface area (Å²) in [4.78, 5) is 12.6. The largest absolute Gasteiger partial charge is 0.458 e. The van der Waals surface area contributed by atoms with Crippen molar-refractivity contribution in [1.82, 2.24) is 0 Å². The zero-order valence-corrected chi connectivity index (χ0v) is 32.1. The third-order valence-electron chi connectivity index (χ3n) is 15.4. The van der Waals surface area contributed by atoms with Crippen molar-refractivity contribution in [2.75, 3.05) is 13.2 Å². The number of hydrogen-bond acceptors (Lipinski definition) is 14. The molecule has 306 valence electrons. The predicted molar refractivity (Wildman–Crippen MR) is 190 cm³/mol. The highest BCUT2D eigenvalue weighted by Crippen LogP contribution is 2.67. The second-order valence-corrected chi connectivity index (χ2v) is 18.0. The Kier molecular flexibility index (Phi) is 11.5. The predicted octanol–water partition coefficient (Wildman–Crippen LogP) is 0.834. The Morgan fingerprint density at radius 2 is 1.52 bits per heavy atom. The summed E-state index contributed by atoms with van der Waals surface area (Å²) < 4.78 is 29.1. The van der Waals surface area contributed by atoms with Gasteiger partial charge in [0.15, 0.2) is 12.6 Å². The Hall–Kier alpha value is -1.53. The van der Waals surface area contributed by atoms with Gasteiger partial charge in [-0.25, -0.2) is 4.79 Å². The number of carbonyl (C=O) groups excluding carboxylic acids is 1. The van der Waals surface area contributed by atoms with E-state index in [0.29, 0.717) is 30.1 Å². The number of hydrogen-bond donors (Lipinski definition) is 8. The van der Waals surface area contributed by atoms with E-state index < -0.39 is 92.2 Å². The summed E-state index contributed by atoms with van der Waals surface area (Å²) in [6.45, 7) is 9.70. The lowest BCUT2D eigenvalue weighted by molar-refractivity contribution is -0.337. The highest BCUT2D eigenvalue weighted by atomic mass is 16.7. The van der Waals surface area contributed by atoms with Gasteiger partial charge >= 0.3 is 5.97 Å². The molecule has 8 N–H and O–H groups in total. The molecule has 0 radical (unpaired) electrons. The zero-order valence-electron chi connectivity index (χ0n) is 32.1. The van der Waals surface area contributed by atoms with Gasteiger partial charge in [-0.1, -0.05) is 38.0 Å². The fourth-order valence-corrected chi connectivity index (χ4v) is 11.9. The number of fused-ring (bicyclic) bond motifs is 5. The van der Waals surface area contributed by atoms with Crippen LogP contribution in [0.5, 0.6) is 0 Å². The lowest BCUT2D eigenvalue weighted by Gasteiger charge is -2.60. The summed E-state index contributed by atoms with van der Waals surface area (Å²) in [5.74, 6) is 1.72. The minimum absolute atomic E-state index is 0.103. The number of aliphatic hydroxyl groups excluding tert-OH is 8. The van der Waals surface area contributed by atoms with Crippen LogP contribution < -0.4 is 0 Å². The fraction of sp³-hybridized carbons (Fsp3) is 0.875. The fourth-order valence-electron chi connectivity index (χ4n) is 11.9. The van der Waals surface area contributed by atoms with Gasteiger partial charge in [-0.15, -0.1) is 0 Å². The lowest BCUT2D eigenvalue weighted by Crippen LogP contribution is -2.62. The molecule has 5 fully saturated rings. The van der Waals surface area contributed by atoms with Gasteiger partial charge in [-0.05, 0) is 87.4 Å². The third kappa shape index (κ3) is 6.73. The van der Waals surface area contributed by atoms with Crippen LogP contribution in [0.2, 0.25) is 0 Å². The minimum Gasteiger partial charge on any atom is -0.458 e. The molecule has 3 saturated carbocycles. The molecule has 7 aliphatic rings. The van der Waals surface area contributed by atoms with Crippen molar-refractivity contribution in [2.24, 2.45) is 40.4 Å². The van der Waals surface area contributed by atoms with Crippen molar-refractivity contribution in [2.45, 2.75) is 166 Å². The standard InChI is InChI=1S/C40H62O14/c1-17-12-26(52-36(49)18(17)2)19(3)23-8-9-24-22-7-6-20-13-21(14-29(42)40(20,5)25(22)10-11-39(23,24)4)51-38-35(48)33(46)31(44)28(54-38)16-50-37-34(47)32(45)30(43)27(15-41)53-37/h6,19,21-35,37-38,41-48H,7-16H2,1-5H3/t19-,21-,22-,23+,24-,25-,26-,27-,28+,29-,30+,31+,32+,33-,34+,35+,37-,38+,39+,40-/m1/s1. The molecule has 2 saturated heterocycles. The highest BCUT2D eigenvalue weighted by molar-refractivity contribution is 5.89. The molecule has 0 aromatic heterocycles. The Labute approximate surface area is 317 Å². The third-order valence-corrected chi connectivity index (χ3v) is 15.4. The monoisotopic (exact) mass is 766 g/mol. The Balaban J connectivity index is 1.00. The van der Waals surface area contributed by atoms with Gasteiger partial charge < -0.3 is 64.5 Å². The Morgan fingerprint density at radius 3 is 2.20 bits per heavy atom. The van der Waals surface area contributed by atoms with Crippen LogP contribution in [0.15, 0.2) is 22.8 Å². The van der Waals surface area contributed by atoms with Crippen molar-refractivity contribution < 1.29 is 69.3 Å². The lowest BCUT2D eigenvalue weighted by atomic mass is 9.46. The summed E-state index contributed by atoms with van der Waals surface area (Å²) >= 11 is 0. The number of ether oxygens (including phenoxy) is 5. The quantitative estimate of drug-likeness (QED) is 0.127. The van der Waals surface area contributed by atoms with Gasteiger partial charge in [0.1, 0.15) is 54.9 Å². The van der Waals surface area contributed by atoms with Crippen molar-refractivity contribution in [3.05, 3.63) is 22.8 Å². The average molecular weight is 767 g/mol. The maximum Gasteiger partial charge on any atom is 0.333 e. The van der Waals surface area contributed by atoms with E-state index in [2.05, 4.69) is 26.8 Å². The van der Waals surface area contributed by atoms with Crippen LogP contribution in [0.1, 0.15) is 86.0 Å². The van der Waals surface area contributed by atoms with Gasteiger partial charge in [0, 0.05) is 23.8 Å². The van der Waals surface area contributed by atoms with Gasteiger partial charge in [0.2, 0.25) is 0 Å². The van der Waals surface area contributed by atoms with Crippen molar-refractivity contribution in [1.29, 1.82) is 0 Å². The van der Waals surface area contributed by atoms with Crippen LogP contribution in [0.3, 0.4) is 0 Å². The number of aliphatic hydroxyl groups is 8. The topological polar surface area (TPSA) is 225 Å². The second-order valence-electron chi connectivity index (χ2n) is 18.0. The number of rotatable bonds is 8. The Bertz CT molecular complexity index is 1450. The van der Waals surface area contributed by atoms with Crippen molar-refractivity contribution >= 4 is 5.97 Å². The molecule has 4 aliphatic carbocycles. The first-order chi connectivity index (χ1) is 25.5. The second kappa shape index (κ2) is 15.3. The molecular formula is C40H62O14. The Morgan fingerprint density at radius 1 is 0.852 bits per heavy atom. The summed E-state index contributed by atoms with van der Waals surface area (Å²) in [7, 11) is 0. The van der Waals surface area contributed by atoms with E-state index in [1.54, 1.807) is 0 Å². The molecule has 0 aromatic rings. The molecule has 14 nitrogen and oxygen atoms in total. The van der Waals surface area contributed by atoms with Gasteiger partial charge in [0.25, 0.3) is 0 Å². The molecule has 20 atom stereocenters. The number of carbonyl (C=O) groups is 1. The molecule has 3 heterocycles. The minimum atomic E-state index is -1.67. The van der Waals surface area contributed by atoms with E-state index in [1.807, 2.05) is 13.8 Å². The highest BCUT2D eigenvalue weighted by Gasteiger charge is 2.62. The van der Waals surface area contributed by atoms with Crippen LogP contribution in [0.4, 0.5) is 0 Å². The van der Waals surface area contributed by atoms with Crippen LogP contribution in [-0.2, 0) is 28.5 Å². The zero-order chi connectivity index (χ0) is 39.0. The van der Waals surface area contributed by atoms with E-state index in [9.17, 15) is 45.6 Å². The molecule has 0 bridgehead atoms. The van der Waals surface area contributed by atoms with Gasteiger partial charge in [0.05, 0.1) is 25.4 Å². The molecular weight excluding hydrogens is 704 g/mol. The molecule has 3 aliphatic heterocycles. The van der Waals surface area contributed by atoms with Gasteiger partial charge in [-0.2, -0.15) is 0 Å². The van der Waals surface area contributed by atoms with Crippen LogP contribution in [0.25, 0.3) is 0 Å². The van der Waals surface area contributed by atoms with E-state index in [0.717, 1.165) is 55.2 Å². The number of cyclic esters (lactones) is 1. The summed E-state index contributed by atoms with van der Waals surface area (Å²) in [6.07, 6.45) is -7.38. The first-order valence-corrected chi connectivity index (χ1v) is 20.0. The molecule has 7 rings (SSSR count). The maximum atomic E-state index is 12.6. The molecule has 0 unspecified atom stereocenters. The summed E-state index contributed by atoms with van der Waals surface area (Å²) in [6, 6.07) is 0. The van der Waals surface area contributed by atoms with E-state index in [4.69, 9.17) is 23.7 Å². The van der Waals surface area contributed by atoms with Crippen molar-refractivity contribution in [3.8, 4) is 0 Å². The van der Waals surface area contributed by atoms with Crippen LogP contribution >= 0.6 is 0 Å². The summed E-state index contributed by atoms with van der Waals surface area (Å²) in [5, 5.41) is 84.3. The van der Waals surface area contributed by atoms with Crippen molar-refractivity contribution in [3.63, 3.8) is 0 Å². The van der Waals surface area contributed by atoms with Crippen LogP contribution in [-0.4, -0.2) is 140 Å². The molecule has 0 aromatic carbocycles. The molecule has 54 heavy (non-hydrogen) atoms. The van der Waals surface area contributed by atoms with Gasteiger partial charge in [-0.3, -0.25) is 0 Å². The molecule has 14 heteroatoms.